The monoisotopic (exact) mass is 480 g/mol. The molecule has 0 unspecified atom stereocenters. The van der Waals surface area contributed by atoms with E-state index in [4.69, 9.17) is 21.1 Å². The summed E-state index contributed by atoms with van der Waals surface area (Å²) in [6.07, 6.45) is 3.89. The number of aromatic nitrogens is 1. The fourth-order valence-corrected chi connectivity index (χ4v) is 4.67. The summed E-state index contributed by atoms with van der Waals surface area (Å²) in [5.41, 5.74) is 3.78. The van der Waals surface area contributed by atoms with Crippen molar-refractivity contribution in [3.05, 3.63) is 87.8 Å². The zero-order valence-corrected chi connectivity index (χ0v) is 20.1. The van der Waals surface area contributed by atoms with Crippen LogP contribution in [0.3, 0.4) is 0 Å². The van der Waals surface area contributed by atoms with Crippen molar-refractivity contribution >= 4 is 28.8 Å². The molecule has 0 spiro atoms. The number of carbonyl (C=O) groups excluding carboxylic acids is 1. The Morgan fingerprint density at radius 3 is 2.39 bits per heavy atom. The van der Waals surface area contributed by atoms with Crippen molar-refractivity contribution in [2.24, 2.45) is 0 Å². The van der Waals surface area contributed by atoms with E-state index >= 15 is 0 Å². The van der Waals surface area contributed by atoms with Crippen LogP contribution >= 0.6 is 22.9 Å². The molecule has 0 saturated heterocycles. The number of thiophene rings is 1. The number of hydrogen-bond acceptors (Lipinski definition) is 4. The smallest absolute Gasteiger partial charge is 0.263 e. The van der Waals surface area contributed by atoms with Gasteiger partial charge in [0.25, 0.3) is 5.91 Å². The zero-order chi connectivity index (χ0) is 23.2. The molecule has 2 heterocycles. The van der Waals surface area contributed by atoms with Crippen LogP contribution in [0.4, 0.5) is 0 Å². The highest BCUT2D eigenvalue weighted by Gasteiger charge is 2.20. The van der Waals surface area contributed by atoms with Gasteiger partial charge in [-0.2, -0.15) is 0 Å². The Bertz CT molecular complexity index is 1220. The van der Waals surface area contributed by atoms with Gasteiger partial charge in [-0.1, -0.05) is 29.8 Å². The Kier molecular flexibility index (Phi) is 7.37. The van der Waals surface area contributed by atoms with Gasteiger partial charge in [0, 0.05) is 34.9 Å². The summed E-state index contributed by atoms with van der Waals surface area (Å²) in [5.74, 6) is 1.26. The van der Waals surface area contributed by atoms with E-state index < -0.39 is 0 Å². The number of rotatable bonds is 9. The molecule has 5 nitrogen and oxygen atoms in total. The van der Waals surface area contributed by atoms with Crippen molar-refractivity contribution in [1.82, 2.24) is 9.88 Å². The van der Waals surface area contributed by atoms with E-state index in [1.807, 2.05) is 90.8 Å². The minimum atomic E-state index is -0.129. The standard InChI is InChI=1S/C26H25ClN2O3S/c1-3-31-22-12-7-18(15-23(22)32-4-2)16-28-26(30)25-24(29-13-5-6-14-29)21(17-33-25)19-8-10-20(27)11-9-19/h5-15,17H,3-4,16H2,1-2H3,(H,28,30). The molecule has 0 aliphatic heterocycles. The first-order valence-electron chi connectivity index (χ1n) is 10.8. The fourth-order valence-electron chi connectivity index (χ4n) is 3.56. The van der Waals surface area contributed by atoms with Gasteiger partial charge >= 0.3 is 0 Å². The first-order valence-corrected chi connectivity index (χ1v) is 12.0. The van der Waals surface area contributed by atoms with Crippen LogP contribution in [-0.2, 0) is 6.54 Å². The molecule has 170 valence electrons. The van der Waals surface area contributed by atoms with Crippen molar-refractivity contribution in [2.75, 3.05) is 13.2 Å². The van der Waals surface area contributed by atoms with Gasteiger partial charge in [0.2, 0.25) is 0 Å². The third-order valence-corrected chi connectivity index (χ3v) is 6.27. The lowest BCUT2D eigenvalue weighted by atomic mass is 10.1. The van der Waals surface area contributed by atoms with Gasteiger partial charge in [0.05, 0.1) is 18.9 Å². The molecule has 4 aromatic rings. The fraction of sp³-hybridized carbons (Fsp3) is 0.192. The molecule has 0 fully saturated rings. The van der Waals surface area contributed by atoms with Gasteiger partial charge in [-0.15, -0.1) is 11.3 Å². The van der Waals surface area contributed by atoms with Crippen LogP contribution in [0, 0.1) is 0 Å². The van der Waals surface area contributed by atoms with Crippen molar-refractivity contribution in [2.45, 2.75) is 20.4 Å². The van der Waals surface area contributed by atoms with E-state index in [1.54, 1.807) is 0 Å². The second-order valence-electron chi connectivity index (χ2n) is 7.25. The van der Waals surface area contributed by atoms with Crippen LogP contribution in [0.1, 0.15) is 29.1 Å². The van der Waals surface area contributed by atoms with Gasteiger partial charge in [0.1, 0.15) is 4.88 Å². The maximum absolute atomic E-state index is 13.2. The largest absolute Gasteiger partial charge is 0.490 e. The Balaban J connectivity index is 1.59. The summed E-state index contributed by atoms with van der Waals surface area (Å²) in [6, 6.07) is 17.3. The minimum Gasteiger partial charge on any atom is -0.490 e. The van der Waals surface area contributed by atoms with Crippen LogP contribution in [0.2, 0.25) is 5.02 Å². The lowest BCUT2D eigenvalue weighted by Crippen LogP contribution is -2.23. The summed E-state index contributed by atoms with van der Waals surface area (Å²) in [6.45, 7) is 5.35. The number of halogens is 1. The maximum atomic E-state index is 13.2. The second kappa shape index (κ2) is 10.6. The molecule has 0 aliphatic carbocycles. The van der Waals surface area contributed by atoms with Gasteiger partial charge in [-0.25, -0.2) is 0 Å². The molecular formula is C26H25ClN2O3S. The van der Waals surface area contributed by atoms with Gasteiger partial charge in [-0.3, -0.25) is 4.79 Å². The van der Waals surface area contributed by atoms with Crippen molar-refractivity contribution in [1.29, 1.82) is 0 Å². The first-order chi connectivity index (χ1) is 16.1. The number of hydrogen-bond donors (Lipinski definition) is 1. The van der Waals surface area contributed by atoms with Crippen molar-refractivity contribution in [3.63, 3.8) is 0 Å². The summed E-state index contributed by atoms with van der Waals surface area (Å²) in [7, 11) is 0. The molecular weight excluding hydrogens is 456 g/mol. The molecule has 1 amide bonds. The third-order valence-electron chi connectivity index (χ3n) is 5.05. The Morgan fingerprint density at radius 2 is 1.70 bits per heavy atom. The minimum absolute atomic E-state index is 0.129. The third kappa shape index (κ3) is 5.24. The van der Waals surface area contributed by atoms with Crippen molar-refractivity contribution < 1.29 is 14.3 Å². The molecule has 7 heteroatoms. The van der Waals surface area contributed by atoms with Gasteiger partial charge in [0.15, 0.2) is 11.5 Å². The highest BCUT2D eigenvalue weighted by atomic mass is 35.5. The summed E-state index contributed by atoms with van der Waals surface area (Å²) < 4.78 is 13.3. The second-order valence-corrected chi connectivity index (χ2v) is 8.57. The summed E-state index contributed by atoms with van der Waals surface area (Å²) in [4.78, 5) is 13.9. The number of nitrogens with one attached hydrogen (secondary N) is 1. The van der Waals surface area contributed by atoms with E-state index in [2.05, 4.69) is 5.32 Å². The van der Waals surface area contributed by atoms with E-state index in [9.17, 15) is 4.79 Å². The zero-order valence-electron chi connectivity index (χ0n) is 18.5. The number of ether oxygens (including phenoxy) is 2. The van der Waals surface area contributed by atoms with Gasteiger partial charge in [-0.05, 0) is 61.4 Å². The predicted molar refractivity (Wildman–Crippen MR) is 134 cm³/mol. The maximum Gasteiger partial charge on any atom is 0.263 e. The van der Waals surface area contributed by atoms with E-state index in [0.717, 1.165) is 22.4 Å². The Labute approximate surface area is 202 Å². The topological polar surface area (TPSA) is 52.5 Å². The van der Waals surface area contributed by atoms with E-state index in [0.29, 0.717) is 41.2 Å². The van der Waals surface area contributed by atoms with E-state index in [1.165, 1.54) is 11.3 Å². The number of nitrogens with zero attached hydrogens (tertiary/aromatic N) is 1. The first kappa shape index (κ1) is 23.0. The summed E-state index contributed by atoms with van der Waals surface area (Å²) >= 11 is 7.49. The summed E-state index contributed by atoms with van der Waals surface area (Å²) in [5, 5.41) is 5.74. The van der Waals surface area contributed by atoms with Crippen LogP contribution in [0.15, 0.2) is 72.4 Å². The molecule has 2 aromatic carbocycles. The average Bonchev–Trinajstić information content (AvgIpc) is 3.50. The van der Waals surface area contributed by atoms with E-state index in [-0.39, 0.29) is 5.91 Å². The predicted octanol–water partition coefficient (Wildman–Crippen LogP) is 6.59. The highest BCUT2D eigenvalue weighted by Crippen LogP contribution is 2.35. The molecule has 1 N–H and O–H groups in total. The van der Waals surface area contributed by atoms with Crippen molar-refractivity contribution in [3.8, 4) is 28.3 Å². The molecule has 2 aromatic heterocycles. The number of amides is 1. The SMILES string of the molecule is CCOc1ccc(CNC(=O)c2scc(-c3ccc(Cl)cc3)c2-n2cccc2)cc1OCC. The molecule has 0 bridgehead atoms. The number of carbonyl (C=O) groups is 1. The molecule has 0 saturated carbocycles. The Hall–Kier alpha value is -3.22. The molecule has 33 heavy (non-hydrogen) atoms. The van der Waals surface area contributed by atoms with Crippen LogP contribution in [0.25, 0.3) is 16.8 Å². The highest BCUT2D eigenvalue weighted by molar-refractivity contribution is 7.13. The van der Waals surface area contributed by atoms with Gasteiger partial charge < -0.3 is 19.4 Å². The van der Waals surface area contributed by atoms with Crippen LogP contribution in [-0.4, -0.2) is 23.7 Å². The Morgan fingerprint density at radius 1 is 1.00 bits per heavy atom. The molecule has 0 aliphatic rings. The molecule has 4 rings (SSSR count). The molecule has 0 atom stereocenters. The van der Waals surface area contributed by atoms with Crippen LogP contribution < -0.4 is 14.8 Å². The number of benzene rings is 2. The van der Waals surface area contributed by atoms with Crippen LogP contribution in [0.5, 0.6) is 11.5 Å². The normalized spacial score (nSPS) is 10.8. The lowest BCUT2D eigenvalue weighted by Gasteiger charge is -2.13. The lowest BCUT2D eigenvalue weighted by molar-refractivity contribution is 0.0955. The quantitative estimate of drug-likeness (QED) is 0.294. The average molecular weight is 481 g/mol. The molecule has 0 radical (unpaired) electrons.